The van der Waals surface area contributed by atoms with Crippen molar-refractivity contribution in [2.24, 2.45) is 0 Å². The predicted octanol–water partition coefficient (Wildman–Crippen LogP) is 3.87. The second-order valence-electron chi connectivity index (χ2n) is 5.49. The van der Waals surface area contributed by atoms with Gasteiger partial charge in [-0.15, -0.1) is 11.3 Å². The summed E-state index contributed by atoms with van der Waals surface area (Å²) in [4.78, 5) is 16.9. The largest absolute Gasteiger partial charge is 0.416 e. The highest BCUT2D eigenvalue weighted by Gasteiger charge is 2.30. The number of rotatable bonds is 4. The minimum absolute atomic E-state index is 0.206. The van der Waals surface area contributed by atoms with E-state index in [0.717, 1.165) is 29.0 Å². The lowest BCUT2D eigenvalue weighted by Crippen LogP contribution is -2.26. The summed E-state index contributed by atoms with van der Waals surface area (Å²) >= 11 is 1.30. The molecule has 1 atom stereocenters. The van der Waals surface area contributed by atoms with E-state index in [4.69, 9.17) is 4.74 Å². The number of amides is 1. The van der Waals surface area contributed by atoms with E-state index in [1.807, 2.05) is 0 Å². The van der Waals surface area contributed by atoms with E-state index >= 15 is 0 Å². The lowest BCUT2D eigenvalue weighted by Gasteiger charge is -2.07. The highest BCUT2D eigenvalue weighted by atomic mass is 32.1. The zero-order valence-electron chi connectivity index (χ0n) is 12.6. The lowest BCUT2D eigenvalue weighted by atomic mass is 10.1. The number of benzene rings is 1. The van der Waals surface area contributed by atoms with Crippen LogP contribution in [-0.4, -0.2) is 23.6 Å². The number of anilines is 1. The van der Waals surface area contributed by atoms with Gasteiger partial charge in [0.2, 0.25) is 0 Å². The maximum atomic E-state index is 12.5. The van der Waals surface area contributed by atoms with Crippen molar-refractivity contribution in [3.63, 3.8) is 0 Å². The lowest BCUT2D eigenvalue weighted by molar-refractivity contribution is -0.137. The Morgan fingerprint density at radius 3 is 2.71 bits per heavy atom. The molecular weight excluding hydrogens is 341 g/mol. The van der Waals surface area contributed by atoms with Gasteiger partial charge in [-0.3, -0.25) is 10.1 Å². The van der Waals surface area contributed by atoms with Crippen LogP contribution in [0, 0.1) is 0 Å². The number of ether oxygens (including phenoxy) is 1. The molecule has 1 aliphatic heterocycles. The molecule has 1 unspecified atom stereocenters. The molecule has 1 N–H and O–H groups in total. The van der Waals surface area contributed by atoms with E-state index in [2.05, 4.69) is 10.3 Å². The fourth-order valence-electron chi connectivity index (χ4n) is 2.43. The summed E-state index contributed by atoms with van der Waals surface area (Å²) in [6, 6.07) is 5.04. The number of nitrogens with zero attached hydrogens (tertiary/aromatic N) is 1. The normalized spacial score (nSPS) is 17.9. The number of halogens is 3. The summed E-state index contributed by atoms with van der Waals surface area (Å²) in [5.74, 6) is -0.206. The van der Waals surface area contributed by atoms with Crippen LogP contribution in [0.15, 0.2) is 30.5 Å². The van der Waals surface area contributed by atoms with Gasteiger partial charge < -0.3 is 4.74 Å². The van der Waals surface area contributed by atoms with Gasteiger partial charge in [0.15, 0.2) is 5.13 Å². The second kappa shape index (κ2) is 6.90. The molecule has 128 valence electrons. The van der Waals surface area contributed by atoms with E-state index in [9.17, 15) is 18.0 Å². The molecule has 1 amide bonds. The molecule has 0 aliphatic carbocycles. The van der Waals surface area contributed by atoms with Gasteiger partial charge in [0.05, 0.1) is 5.56 Å². The van der Waals surface area contributed by atoms with Crippen molar-refractivity contribution in [2.75, 3.05) is 11.9 Å². The van der Waals surface area contributed by atoms with Crippen molar-refractivity contribution in [3.05, 3.63) is 46.5 Å². The Morgan fingerprint density at radius 2 is 2.08 bits per heavy atom. The fourth-order valence-corrected chi connectivity index (χ4v) is 3.28. The van der Waals surface area contributed by atoms with Gasteiger partial charge in [-0.1, -0.05) is 12.1 Å². The molecule has 4 nitrogen and oxygen atoms in total. The SMILES string of the molecule is O=C(Nc1ncc(Cc2ccc(C(F)(F)F)cc2)s1)C1CCCO1. The molecule has 1 aromatic heterocycles. The number of thiazole rings is 1. The summed E-state index contributed by atoms with van der Waals surface area (Å²) in [5, 5.41) is 3.18. The maximum Gasteiger partial charge on any atom is 0.416 e. The highest BCUT2D eigenvalue weighted by molar-refractivity contribution is 7.15. The van der Waals surface area contributed by atoms with Gasteiger partial charge in [-0.25, -0.2) is 4.98 Å². The van der Waals surface area contributed by atoms with Gasteiger partial charge in [0.1, 0.15) is 6.10 Å². The van der Waals surface area contributed by atoms with Crippen LogP contribution in [0.4, 0.5) is 18.3 Å². The first-order valence-electron chi connectivity index (χ1n) is 7.45. The third-order valence-corrected chi connectivity index (χ3v) is 4.58. The first-order valence-corrected chi connectivity index (χ1v) is 8.27. The van der Waals surface area contributed by atoms with E-state index in [-0.39, 0.29) is 5.91 Å². The highest BCUT2D eigenvalue weighted by Crippen LogP contribution is 2.30. The van der Waals surface area contributed by atoms with Crippen molar-refractivity contribution in [1.29, 1.82) is 0 Å². The summed E-state index contributed by atoms with van der Waals surface area (Å²) < 4.78 is 42.9. The summed E-state index contributed by atoms with van der Waals surface area (Å²) in [6.07, 6.45) is -1.10. The Balaban J connectivity index is 1.60. The number of carbonyl (C=O) groups excluding carboxylic acids is 1. The first kappa shape index (κ1) is 16.9. The van der Waals surface area contributed by atoms with Crippen molar-refractivity contribution in [3.8, 4) is 0 Å². The van der Waals surface area contributed by atoms with Gasteiger partial charge in [-0.2, -0.15) is 13.2 Å². The summed E-state index contributed by atoms with van der Waals surface area (Å²) in [5.41, 5.74) is 0.0868. The van der Waals surface area contributed by atoms with Crippen LogP contribution in [0.2, 0.25) is 0 Å². The molecule has 1 aromatic carbocycles. The molecule has 0 bridgehead atoms. The fraction of sp³-hybridized carbons (Fsp3) is 0.375. The minimum Gasteiger partial charge on any atom is -0.368 e. The zero-order chi connectivity index (χ0) is 17.2. The summed E-state index contributed by atoms with van der Waals surface area (Å²) in [7, 11) is 0. The molecule has 1 fully saturated rings. The minimum atomic E-state index is -4.33. The average Bonchev–Trinajstić information content (AvgIpc) is 3.19. The van der Waals surface area contributed by atoms with E-state index in [1.54, 1.807) is 6.20 Å². The molecule has 24 heavy (non-hydrogen) atoms. The standard InChI is InChI=1S/C16H15F3N2O2S/c17-16(18,19)11-5-3-10(4-6-11)8-12-9-20-15(24-12)21-14(22)13-2-1-7-23-13/h3-6,9,13H,1-2,7-8H2,(H,20,21,22). The summed E-state index contributed by atoms with van der Waals surface area (Å²) in [6.45, 7) is 0.592. The number of nitrogens with one attached hydrogen (secondary N) is 1. The van der Waals surface area contributed by atoms with Crippen LogP contribution < -0.4 is 5.32 Å². The van der Waals surface area contributed by atoms with Gasteiger partial charge in [0, 0.05) is 24.1 Å². The van der Waals surface area contributed by atoms with E-state index in [1.165, 1.54) is 23.5 Å². The Bertz CT molecular complexity index is 707. The van der Waals surface area contributed by atoms with Crippen LogP contribution in [-0.2, 0) is 22.1 Å². The van der Waals surface area contributed by atoms with Crippen molar-refractivity contribution >= 4 is 22.4 Å². The second-order valence-corrected chi connectivity index (χ2v) is 6.61. The van der Waals surface area contributed by atoms with E-state index < -0.39 is 17.8 Å². The number of aromatic nitrogens is 1. The molecular formula is C16H15F3N2O2S. The van der Waals surface area contributed by atoms with Crippen LogP contribution in [0.1, 0.15) is 28.8 Å². The smallest absolute Gasteiger partial charge is 0.368 e. The molecule has 0 spiro atoms. The molecule has 1 saturated heterocycles. The third-order valence-electron chi connectivity index (χ3n) is 3.67. The zero-order valence-corrected chi connectivity index (χ0v) is 13.4. The van der Waals surface area contributed by atoms with Gasteiger partial charge >= 0.3 is 6.18 Å². The number of hydrogen-bond acceptors (Lipinski definition) is 4. The van der Waals surface area contributed by atoms with Crippen molar-refractivity contribution < 1.29 is 22.7 Å². The topological polar surface area (TPSA) is 51.2 Å². The Kier molecular flexibility index (Phi) is 4.86. The molecule has 0 radical (unpaired) electrons. The van der Waals surface area contributed by atoms with Crippen molar-refractivity contribution in [2.45, 2.75) is 31.5 Å². The van der Waals surface area contributed by atoms with E-state index in [0.29, 0.717) is 24.6 Å². The van der Waals surface area contributed by atoms with Crippen LogP contribution in [0.25, 0.3) is 0 Å². The quantitative estimate of drug-likeness (QED) is 0.905. The van der Waals surface area contributed by atoms with Crippen LogP contribution in [0.5, 0.6) is 0 Å². The molecule has 8 heteroatoms. The number of carbonyl (C=O) groups is 1. The Labute approximate surface area is 140 Å². The third kappa shape index (κ3) is 4.12. The number of hydrogen-bond donors (Lipinski definition) is 1. The number of alkyl halides is 3. The monoisotopic (exact) mass is 356 g/mol. The van der Waals surface area contributed by atoms with Gasteiger partial charge in [-0.05, 0) is 30.5 Å². The Morgan fingerprint density at radius 1 is 1.33 bits per heavy atom. The molecule has 2 heterocycles. The molecule has 2 aromatic rings. The van der Waals surface area contributed by atoms with Crippen LogP contribution in [0.3, 0.4) is 0 Å². The molecule has 3 rings (SSSR count). The van der Waals surface area contributed by atoms with Gasteiger partial charge in [0.25, 0.3) is 5.91 Å². The Hall–Kier alpha value is -1.93. The maximum absolute atomic E-state index is 12.5. The molecule has 1 aliphatic rings. The average molecular weight is 356 g/mol. The van der Waals surface area contributed by atoms with Crippen molar-refractivity contribution in [1.82, 2.24) is 4.98 Å². The van der Waals surface area contributed by atoms with Crippen LogP contribution >= 0.6 is 11.3 Å². The predicted molar refractivity (Wildman–Crippen MR) is 84.0 cm³/mol. The molecule has 0 saturated carbocycles. The first-order chi connectivity index (χ1) is 11.4.